The van der Waals surface area contributed by atoms with Crippen LogP contribution in [0.4, 0.5) is 5.88 Å². The molecule has 1 N–H and O–H groups in total. The molecule has 8 heteroatoms. The molecule has 27 heavy (non-hydrogen) atoms. The quantitative estimate of drug-likeness (QED) is 0.688. The van der Waals surface area contributed by atoms with Crippen molar-refractivity contribution in [2.75, 3.05) is 12.4 Å². The van der Waals surface area contributed by atoms with Crippen molar-refractivity contribution in [2.45, 2.75) is 26.3 Å². The number of carbonyl (C=O) groups excluding carboxylic acids is 1. The highest BCUT2D eigenvalue weighted by atomic mass is 16.5. The van der Waals surface area contributed by atoms with Crippen molar-refractivity contribution in [1.29, 1.82) is 0 Å². The number of aryl methyl sites for hydroxylation is 2. The summed E-state index contributed by atoms with van der Waals surface area (Å²) >= 11 is 0. The van der Waals surface area contributed by atoms with Crippen molar-refractivity contribution in [3.05, 3.63) is 58.5 Å². The number of anilines is 1. The smallest absolute Gasteiger partial charge is 0.266 e. The number of carbonyl (C=O) groups is 1. The minimum absolute atomic E-state index is 0.205. The molecule has 2 heterocycles. The summed E-state index contributed by atoms with van der Waals surface area (Å²) < 4.78 is 11.5. The molecule has 0 bridgehead atoms. The highest BCUT2D eigenvalue weighted by Gasteiger charge is 2.08. The van der Waals surface area contributed by atoms with Gasteiger partial charge in [-0.2, -0.15) is 5.10 Å². The number of hydrogen-bond donors (Lipinski definition) is 1. The Hall–Kier alpha value is -3.42. The van der Waals surface area contributed by atoms with E-state index in [1.165, 1.54) is 10.7 Å². The van der Waals surface area contributed by atoms with Gasteiger partial charge in [0.15, 0.2) is 0 Å². The van der Waals surface area contributed by atoms with Crippen LogP contribution >= 0.6 is 0 Å². The molecule has 0 atom stereocenters. The average Bonchev–Trinajstić information content (AvgIpc) is 3.08. The summed E-state index contributed by atoms with van der Waals surface area (Å²) in [5.41, 5.74) is 1.99. The molecule has 0 aliphatic heterocycles. The molecular weight excluding hydrogens is 348 g/mol. The van der Waals surface area contributed by atoms with Gasteiger partial charge in [-0.05, 0) is 31.5 Å². The Morgan fingerprint density at radius 1 is 1.26 bits per heavy atom. The van der Waals surface area contributed by atoms with Gasteiger partial charge in [0.05, 0.1) is 18.5 Å². The molecule has 0 fully saturated rings. The number of ether oxygens (including phenoxy) is 1. The molecular formula is C19H20N4O4. The number of rotatable bonds is 7. The summed E-state index contributed by atoms with van der Waals surface area (Å²) in [5, 5.41) is 10.7. The Morgan fingerprint density at radius 2 is 2.11 bits per heavy atom. The summed E-state index contributed by atoms with van der Waals surface area (Å²) in [6, 6.07) is 12.2. The van der Waals surface area contributed by atoms with Crippen LogP contribution in [0.25, 0.3) is 11.3 Å². The summed E-state index contributed by atoms with van der Waals surface area (Å²) in [4.78, 5) is 24.0. The van der Waals surface area contributed by atoms with Crippen LogP contribution in [0.3, 0.4) is 0 Å². The lowest BCUT2D eigenvalue weighted by Crippen LogP contribution is -2.23. The van der Waals surface area contributed by atoms with Crippen LogP contribution in [0.1, 0.15) is 18.5 Å². The molecule has 0 spiro atoms. The zero-order valence-corrected chi connectivity index (χ0v) is 15.1. The van der Waals surface area contributed by atoms with Gasteiger partial charge in [-0.15, -0.1) is 0 Å². The van der Waals surface area contributed by atoms with Crippen LogP contribution in [0.5, 0.6) is 5.75 Å². The maximum Gasteiger partial charge on any atom is 0.266 e. The van der Waals surface area contributed by atoms with Crippen LogP contribution in [-0.2, 0) is 11.3 Å². The van der Waals surface area contributed by atoms with Crippen molar-refractivity contribution in [3.8, 4) is 17.0 Å². The van der Waals surface area contributed by atoms with E-state index < -0.39 is 0 Å². The summed E-state index contributed by atoms with van der Waals surface area (Å²) in [6.07, 6.45) is 0.699. The molecule has 8 nitrogen and oxygen atoms in total. The number of benzene rings is 1. The van der Waals surface area contributed by atoms with Gasteiger partial charge in [0.1, 0.15) is 5.75 Å². The van der Waals surface area contributed by atoms with E-state index >= 15 is 0 Å². The Labute approximate surface area is 155 Å². The van der Waals surface area contributed by atoms with Gasteiger partial charge in [-0.3, -0.25) is 14.9 Å². The lowest BCUT2D eigenvalue weighted by Gasteiger charge is -2.08. The fraction of sp³-hybridized carbons (Fsp3) is 0.263. The molecule has 3 rings (SSSR count). The second-order valence-corrected chi connectivity index (χ2v) is 6.00. The Balaban J connectivity index is 1.63. The topological polar surface area (TPSA) is 99.2 Å². The number of aromatic nitrogens is 3. The predicted molar refractivity (Wildman–Crippen MR) is 99.6 cm³/mol. The van der Waals surface area contributed by atoms with Crippen molar-refractivity contribution >= 4 is 11.8 Å². The Kier molecular flexibility index (Phi) is 5.65. The first kappa shape index (κ1) is 18.4. The van der Waals surface area contributed by atoms with E-state index in [9.17, 15) is 9.59 Å². The summed E-state index contributed by atoms with van der Waals surface area (Å²) in [6.45, 7) is 2.10. The molecule has 140 valence electrons. The van der Waals surface area contributed by atoms with Gasteiger partial charge >= 0.3 is 0 Å². The van der Waals surface area contributed by atoms with Gasteiger partial charge in [-0.1, -0.05) is 17.3 Å². The van der Waals surface area contributed by atoms with Gasteiger partial charge < -0.3 is 9.26 Å². The molecule has 0 saturated carbocycles. The fourth-order valence-corrected chi connectivity index (χ4v) is 2.56. The summed E-state index contributed by atoms with van der Waals surface area (Å²) in [5.74, 6) is 0.822. The Bertz CT molecular complexity index is 993. The first-order valence-electron chi connectivity index (χ1n) is 8.51. The average molecular weight is 368 g/mol. The molecule has 0 radical (unpaired) electrons. The van der Waals surface area contributed by atoms with Crippen molar-refractivity contribution in [3.63, 3.8) is 0 Å². The maximum absolute atomic E-state index is 12.0. The minimum Gasteiger partial charge on any atom is -0.497 e. The van der Waals surface area contributed by atoms with Crippen molar-refractivity contribution in [2.24, 2.45) is 0 Å². The second-order valence-electron chi connectivity index (χ2n) is 6.00. The zero-order chi connectivity index (χ0) is 19.2. The van der Waals surface area contributed by atoms with Gasteiger partial charge in [0.25, 0.3) is 5.56 Å². The third-order valence-corrected chi connectivity index (χ3v) is 3.90. The van der Waals surface area contributed by atoms with E-state index in [4.69, 9.17) is 9.26 Å². The molecule has 1 aromatic carbocycles. The predicted octanol–water partition coefficient (Wildman–Crippen LogP) is 2.63. The SMILES string of the molecule is COc1cccc(-c2ccc(=O)n(CCCC(=O)Nc3cc(C)no3)n2)c1. The molecule has 0 saturated heterocycles. The molecule has 3 aromatic rings. The highest BCUT2D eigenvalue weighted by Crippen LogP contribution is 2.21. The third-order valence-electron chi connectivity index (χ3n) is 3.90. The van der Waals surface area contributed by atoms with E-state index in [1.807, 2.05) is 24.3 Å². The third kappa shape index (κ3) is 4.81. The van der Waals surface area contributed by atoms with Crippen LogP contribution in [0, 0.1) is 6.92 Å². The number of methoxy groups -OCH3 is 1. The molecule has 0 unspecified atom stereocenters. The second kappa shape index (κ2) is 8.31. The number of amides is 1. The van der Waals surface area contributed by atoms with Gasteiger partial charge in [0.2, 0.25) is 11.8 Å². The minimum atomic E-state index is -0.215. The molecule has 0 aliphatic carbocycles. The maximum atomic E-state index is 12.0. The van der Waals surface area contributed by atoms with E-state index in [-0.39, 0.29) is 17.9 Å². The van der Waals surface area contributed by atoms with E-state index in [2.05, 4.69) is 15.6 Å². The van der Waals surface area contributed by atoms with Crippen molar-refractivity contribution < 1.29 is 14.1 Å². The van der Waals surface area contributed by atoms with Crippen LogP contribution in [-0.4, -0.2) is 28.0 Å². The van der Waals surface area contributed by atoms with Gasteiger partial charge in [-0.25, -0.2) is 4.68 Å². The monoisotopic (exact) mass is 368 g/mol. The van der Waals surface area contributed by atoms with Crippen LogP contribution < -0.4 is 15.6 Å². The van der Waals surface area contributed by atoms with E-state index in [0.29, 0.717) is 36.0 Å². The van der Waals surface area contributed by atoms with Crippen LogP contribution in [0.15, 0.2) is 51.8 Å². The molecule has 1 amide bonds. The number of nitrogens with one attached hydrogen (secondary N) is 1. The normalized spacial score (nSPS) is 10.6. The largest absolute Gasteiger partial charge is 0.497 e. The van der Waals surface area contributed by atoms with Crippen molar-refractivity contribution in [1.82, 2.24) is 14.9 Å². The van der Waals surface area contributed by atoms with E-state index in [0.717, 1.165) is 5.56 Å². The fourth-order valence-electron chi connectivity index (χ4n) is 2.56. The first-order valence-corrected chi connectivity index (χ1v) is 8.51. The first-order chi connectivity index (χ1) is 13.0. The Morgan fingerprint density at radius 3 is 2.85 bits per heavy atom. The highest BCUT2D eigenvalue weighted by molar-refractivity contribution is 5.89. The number of nitrogens with zero attached hydrogens (tertiary/aromatic N) is 3. The standard InChI is InChI=1S/C19H20N4O4/c1-13-11-18(27-22-13)20-17(24)7-4-10-23-19(25)9-8-16(21-23)14-5-3-6-15(12-14)26-2/h3,5-6,8-9,11-12H,4,7,10H2,1-2H3,(H,20,24). The number of hydrogen-bond acceptors (Lipinski definition) is 6. The summed E-state index contributed by atoms with van der Waals surface area (Å²) in [7, 11) is 1.60. The lowest BCUT2D eigenvalue weighted by molar-refractivity contribution is -0.116. The van der Waals surface area contributed by atoms with Crippen LogP contribution in [0.2, 0.25) is 0 Å². The molecule has 2 aromatic heterocycles. The molecule has 0 aliphatic rings. The zero-order valence-electron chi connectivity index (χ0n) is 15.1. The lowest BCUT2D eigenvalue weighted by atomic mass is 10.1. The van der Waals surface area contributed by atoms with Gasteiger partial charge in [0, 0.05) is 30.7 Å². The van der Waals surface area contributed by atoms with E-state index in [1.54, 1.807) is 26.2 Å².